The Morgan fingerprint density at radius 2 is 1.62 bits per heavy atom. The van der Waals surface area contributed by atoms with Gasteiger partial charge in [0.2, 0.25) is 5.95 Å². The predicted octanol–water partition coefficient (Wildman–Crippen LogP) is 4.17. The number of nitrogens with zero attached hydrogens (tertiary/aromatic N) is 3. The van der Waals surface area contributed by atoms with Crippen LogP contribution in [0.15, 0.2) is 66.7 Å². The number of carbonyl (C=O) groups is 1. The molecule has 0 saturated carbocycles. The van der Waals surface area contributed by atoms with E-state index in [1.165, 1.54) is 11.1 Å². The number of hydrogen-bond acceptors (Lipinski definition) is 4. The van der Waals surface area contributed by atoms with E-state index < -0.39 is 0 Å². The van der Waals surface area contributed by atoms with Crippen molar-refractivity contribution in [3.05, 3.63) is 89.2 Å². The third-order valence-corrected chi connectivity index (χ3v) is 4.73. The van der Waals surface area contributed by atoms with Crippen LogP contribution in [0.2, 0.25) is 0 Å². The van der Waals surface area contributed by atoms with Gasteiger partial charge in [0, 0.05) is 25.3 Å². The Hall–Kier alpha value is -3.21. The lowest BCUT2D eigenvalue weighted by atomic mass is 10.1. The summed E-state index contributed by atoms with van der Waals surface area (Å²) in [6.45, 7) is 6.05. The number of aromatic nitrogens is 2. The van der Waals surface area contributed by atoms with Gasteiger partial charge in [-0.25, -0.2) is 9.97 Å². The Labute approximate surface area is 172 Å². The molecule has 5 nitrogen and oxygen atoms in total. The molecule has 1 N–H and O–H groups in total. The van der Waals surface area contributed by atoms with Gasteiger partial charge in [0.15, 0.2) is 0 Å². The molecule has 0 atom stereocenters. The molecule has 150 valence electrons. The highest BCUT2D eigenvalue weighted by molar-refractivity contribution is 5.92. The highest BCUT2D eigenvalue weighted by Crippen LogP contribution is 2.14. The van der Waals surface area contributed by atoms with E-state index in [4.69, 9.17) is 0 Å². The van der Waals surface area contributed by atoms with Crippen LogP contribution in [0, 0.1) is 6.92 Å². The van der Waals surface area contributed by atoms with Crippen LogP contribution in [-0.4, -0.2) is 29.0 Å². The number of hydrogen-bond donors (Lipinski definition) is 1. The molecule has 0 unspecified atom stereocenters. The molecule has 0 aliphatic heterocycles. The van der Waals surface area contributed by atoms with E-state index in [0.29, 0.717) is 24.7 Å². The molecule has 0 radical (unpaired) electrons. The Bertz CT molecular complexity index is 913. The van der Waals surface area contributed by atoms with Gasteiger partial charge >= 0.3 is 0 Å². The number of amides is 1. The first kappa shape index (κ1) is 20.5. The van der Waals surface area contributed by atoms with Crippen LogP contribution in [0.1, 0.15) is 40.7 Å². The first-order valence-corrected chi connectivity index (χ1v) is 10.1. The van der Waals surface area contributed by atoms with E-state index in [-0.39, 0.29) is 5.91 Å². The van der Waals surface area contributed by atoms with Crippen molar-refractivity contribution in [3.8, 4) is 0 Å². The van der Waals surface area contributed by atoms with Crippen LogP contribution in [0.4, 0.5) is 5.95 Å². The first-order chi connectivity index (χ1) is 14.2. The lowest BCUT2D eigenvalue weighted by Gasteiger charge is -2.21. The van der Waals surface area contributed by atoms with Crippen molar-refractivity contribution in [2.24, 2.45) is 0 Å². The van der Waals surface area contributed by atoms with Crippen LogP contribution in [0.5, 0.6) is 0 Å². The van der Waals surface area contributed by atoms with Crippen molar-refractivity contribution in [1.82, 2.24) is 15.3 Å². The zero-order valence-corrected chi connectivity index (χ0v) is 17.1. The summed E-state index contributed by atoms with van der Waals surface area (Å²) in [5.41, 5.74) is 3.67. The van der Waals surface area contributed by atoms with Crippen LogP contribution >= 0.6 is 0 Å². The Kier molecular flexibility index (Phi) is 7.34. The minimum Gasteiger partial charge on any atom is -0.351 e. The van der Waals surface area contributed by atoms with E-state index in [1.807, 2.05) is 43.3 Å². The Morgan fingerprint density at radius 3 is 2.28 bits per heavy atom. The summed E-state index contributed by atoms with van der Waals surface area (Å²) < 4.78 is 0. The second-order valence-electron chi connectivity index (χ2n) is 7.04. The minimum atomic E-state index is -0.152. The maximum Gasteiger partial charge on any atom is 0.270 e. The fraction of sp³-hybridized carbons (Fsp3) is 0.292. The molecule has 0 bridgehead atoms. The van der Waals surface area contributed by atoms with Gasteiger partial charge in [-0.1, -0.05) is 60.7 Å². The Morgan fingerprint density at radius 1 is 0.966 bits per heavy atom. The third kappa shape index (κ3) is 6.14. The molecular weight excluding hydrogens is 360 g/mol. The van der Waals surface area contributed by atoms with Gasteiger partial charge in [-0.05, 0) is 43.9 Å². The van der Waals surface area contributed by atoms with E-state index >= 15 is 0 Å². The monoisotopic (exact) mass is 388 g/mol. The molecule has 0 spiro atoms. The molecule has 0 fully saturated rings. The van der Waals surface area contributed by atoms with E-state index in [9.17, 15) is 4.79 Å². The topological polar surface area (TPSA) is 58.1 Å². The third-order valence-electron chi connectivity index (χ3n) is 4.73. The minimum absolute atomic E-state index is 0.152. The van der Waals surface area contributed by atoms with E-state index in [1.54, 1.807) is 6.07 Å². The van der Waals surface area contributed by atoms with E-state index in [0.717, 1.165) is 25.1 Å². The molecule has 1 amide bonds. The van der Waals surface area contributed by atoms with Gasteiger partial charge in [0.1, 0.15) is 5.69 Å². The molecule has 0 aliphatic carbocycles. The fourth-order valence-electron chi connectivity index (χ4n) is 3.17. The highest BCUT2D eigenvalue weighted by atomic mass is 16.1. The number of rotatable bonds is 9. The SMILES string of the molecule is CCN(Cc1ccccc1)c1nc(C)cc(C(=O)NCCCc2ccccc2)n1. The van der Waals surface area contributed by atoms with Crippen molar-refractivity contribution >= 4 is 11.9 Å². The molecular formula is C24H28N4O. The van der Waals surface area contributed by atoms with Gasteiger partial charge in [0.05, 0.1) is 0 Å². The highest BCUT2D eigenvalue weighted by Gasteiger charge is 2.14. The van der Waals surface area contributed by atoms with Gasteiger partial charge < -0.3 is 10.2 Å². The molecule has 3 aromatic rings. The largest absolute Gasteiger partial charge is 0.351 e. The number of aryl methyl sites for hydroxylation is 2. The summed E-state index contributed by atoms with van der Waals surface area (Å²) in [5, 5.41) is 2.98. The van der Waals surface area contributed by atoms with Crippen molar-refractivity contribution < 1.29 is 4.79 Å². The average molecular weight is 389 g/mol. The second-order valence-corrected chi connectivity index (χ2v) is 7.04. The van der Waals surface area contributed by atoms with Crippen molar-refractivity contribution in [1.29, 1.82) is 0 Å². The quantitative estimate of drug-likeness (QED) is 0.559. The van der Waals surface area contributed by atoms with Crippen LogP contribution in [-0.2, 0) is 13.0 Å². The Balaban J connectivity index is 1.61. The van der Waals surface area contributed by atoms with Gasteiger partial charge in [-0.2, -0.15) is 0 Å². The molecule has 0 aliphatic rings. The zero-order valence-electron chi connectivity index (χ0n) is 17.1. The molecule has 3 rings (SSSR count). The average Bonchev–Trinajstić information content (AvgIpc) is 2.76. The zero-order chi connectivity index (χ0) is 20.5. The molecule has 2 aromatic carbocycles. The smallest absolute Gasteiger partial charge is 0.270 e. The predicted molar refractivity (Wildman–Crippen MR) is 117 cm³/mol. The summed E-state index contributed by atoms with van der Waals surface area (Å²) in [4.78, 5) is 23.8. The van der Waals surface area contributed by atoms with Gasteiger partial charge in [-0.3, -0.25) is 4.79 Å². The summed E-state index contributed by atoms with van der Waals surface area (Å²) >= 11 is 0. The normalized spacial score (nSPS) is 10.6. The molecule has 0 saturated heterocycles. The van der Waals surface area contributed by atoms with Crippen LogP contribution in [0.3, 0.4) is 0 Å². The number of benzene rings is 2. The molecule has 1 heterocycles. The maximum atomic E-state index is 12.6. The summed E-state index contributed by atoms with van der Waals surface area (Å²) in [7, 11) is 0. The summed E-state index contributed by atoms with van der Waals surface area (Å²) in [6, 6.07) is 22.2. The lowest BCUT2D eigenvalue weighted by molar-refractivity contribution is 0.0948. The standard InChI is InChI=1S/C24H28N4O/c1-3-28(18-21-13-8-5-9-14-21)24-26-19(2)17-22(27-24)23(29)25-16-10-15-20-11-6-4-7-12-20/h4-9,11-14,17H,3,10,15-16,18H2,1-2H3,(H,25,29). The maximum absolute atomic E-state index is 12.6. The van der Waals surface area contributed by atoms with Crippen LogP contribution in [0.25, 0.3) is 0 Å². The van der Waals surface area contributed by atoms with Gasteiger partial charge in [-0.15, -0.1) is 0 Å². The van der Waals surface area contributed by atoms with Crippen molar-refractivity contribution in [2.75, 3.05) is 18.0 Å². The van der Waals surface area contributed by atoms with Crippen LogP contribution < -0.4 is 10.2 Å². The summed E-state index contributed by atoms with van der Waals surface area (Å²) in [5.74, 6) is 0.436. The number of carbonyl (C=O) groups excluding carboxylic acids is 1. The van der Waals surface area contributed by atoms with E-state index in [2.05, 4.69) is 51.4 Å². The molecule has 29 heavy (non-hydrogen) atoms. The summed E-state index contributed by atoms with van der Waals surface area (Å²) in [6.07, 6.45) is 1.83. The second kappa shape index (κ2) is 10.4. The van der Waals surface area contributed by atoms with Crippen molar-refractivity contribution in [3.63, 3.8) is 0 Å². The molecule has 5 heteroatoms. The fourth-order valence-corrected chi connectivity index (χ4v) is 3.17. The van der Waals surface area contributed by atoms with Gasteiger partial charge in [0.25, 0.3) is 5.91 Å². The number of nitrogens with one attached hydrogen (secondary N) is 1. The lowest BCUT2D eigenvalue weighted by Crippen LogP contribution is -2.29. The van der Waals surface area contributed by atoms with Crippen molar-refractivity contribution in [2.45, 2.75) is 33.2 Å². The number of anilines is 1. The first-order valence-electron chi connectivity index (χ1n) is 10.1. The molecule has 1 aromatic heterocycles.